The zero-order chi connectivity index (χ0) is 14.7. The van der Waals surface area contributed by atoms with Gasteiger partial charge in [0.25, 0.3) is 0 Å². The molecule has 102 valence electrons. The lowest BCUT2D eigenvalue weighted by atomic mass is 10.2. The number of hydrogen-bond donors (Lipinski definition) is 1. The van der Waals surface area contributed by atoms with Crippen molar-refractivity contribution in [3.63, 3.8) is 0 Å². The summed E-state index contributed by atoms with van der Waals surface area (Å²) in [6.45, 7) is 1.89. The first-order chi connectivity index (χ1) is 9.47. The molecule has 0 amide bonds. The Kier molecular flexibility index (Phi) is 4.00. The molecule has 6 heteroatoms. The van der Waals surface area contributed by atoms with Gasteiger partial charge in [0.15, 0.2) is 5.75 Å². The van der Waals surface area contributed by atoms with Crippen LogP contribution in [0.1, 0.15) is 11.1 Å². The second-order valence-corrected chi connectivity index (χ2v) is 4.60. The van der Waals surface area contributed by atoms with E-state index in [9.17, 15) is 15.2 Å². The van der Waals surface area contributed by atoms with E-state index < -0.39 is 4.92 Å². The quantitative estimate of drug-likeness (QED) is 0.527. The molecule has 0 saturated heterocycles. The van der Waals surface area contributed by atoms with Crippen molar-refractivity contribution < 1.29 is 10.0 Å². The molecule has 0 aliphatic carbocycles. The van der Waals surface area contributed by atoms with Crippen molar-refractivity contribution in [2.75, 3.05) is 0 Å². The molecule has 0 heterocycles. The van der Waals surface area contributed by atoms with E-state index in [1.54, 1.807) is 18.2 Å². The molecule has 0 spiro atoms. The number of phenols is 1. The Balaban J connectivity index is 2.29. The molecule has 1 N–H and O–H groups in total. The van der Waals surface area contributed by atoms with Crippen LogP contribution in [0.15, 0.2) is 41.4 Å². The van der Waals surface area contributed by atoms with E-state index in [0.29, 0.717) is 16.3 Å². The molecule has 0 aliphatic heterocycles. The lowest BCUT2D eigenvalue weighted by Gasteiger charge is -1.99. The third-order valence-corrected chi connectivity index (χ3v) is 3.12. The summed E-state index contributed by atoms with van der Waals surface area (Å²) in [5, 5.41) is 20.7. The standard InChI is InChI=1S/C14H11ClN2O3/c1-9-2-4-11(7-12(9)15)16-8-10-3-5-14(18)13(6-10)17(19)20/h2-8,18H,1H3. The van der Waals surface area contributed by atoms with E-state index in [0.717, 1.165) is 5.56 Å². The maximum Gasteiger partial charge on any atom is 0.311 e. The zero-order valence-corrected chi connectivity index (χ0v) is 11.3. The van der Waals surface area contributed by atoms with Gasteiger partial charge in [-0.25, -0.2) is 0 Å². The topological polar surface area (TPSA) is 75.7 Å². The minimum atomic E-state index is -0.643. The Morgan fingerprint density at radius 3 is 2.70 bits per heavy atom. The highest BCUT2D eigenvalue weighted by Crippen LogP contribution is 2.26. The number of nitro groups is 1. The first-order valence-corrected chi connectivity index (χ1v) is 6.13. The van der Waals surface area contributed by atoms with Crippen LogP contribution in [0.5, 0.6) is 5.75 Å². The van der Waals surface area contributed by atoms with Crippen molar-refractivity contribution in [1.29, 1.82) is 0 Å². The Bertz CT molecular complexity index is 699. The lowest BCUT2D eigenvalue weighted by Crippen LogP contribution is -1.90. The van der Waals surface area contributed by atoms with E-state index in [2.05, 4.69) is 4.99 Å². The lowest BCUT2D eigenvalue weighted by molar-refractivity contribution is -0.385. The van der Waals surface area contributed by atoms with Crippen LogP contribution in [0, 0.1) is 17.0 Å². The molecule has 0 atom stereocenters. The van der Waals surface area contributed by atoms with Gasteiger partial charge >= 0.3 is 5.69 Å². The predicted octanol–water partition coefficient (Wildman–Crippen LogP) is 4.01. The summed E-state index contributed by atoms with van der Waals surface area (Å²) in [4.78, 5) is 14.3. The molecule has 2 aromatic carbocycles. The summed E-state index contributed by atoms with van der Waals surface area (Å²) in [6, 6.07) is 9.42. The first kappa shape index (κ1) is 14.0. The monoisotopic (exact) mass is 290 g/mol. The van der Waals surface area contributed by atoms with Crippen molar-refractivity contribution in [2.45, 2.75) is 6.92 Å². The second-order valence-electron chi connectivity index (χ2n) is 4.20. The molecule has 0 bridgehead atoms. The summed E-state index contributed by atoms with van der Waals surface area (Å²) in [6.07, 6.45) is 1.48. The van der Waals surface area contributed by atoms with E-state index in [4.69, 9.17) is 11.6 Å². The minimum Gasteiger partial charge on any atom is -0.502 e. The molecule has 5 nitrogen and oxygen atoms in total. The molecule has 0 saturated carbocycles. The predicted molar refractivity (Wildman–Crippen MR) is 78.2 cm³/mol. The third kappa shape index (κ3) is 3.13. The van der Waals surface area contributed by atoms with Crippen LogP contribution in [0.25, 0.3) is 0 Å². The number of nitrogens with zero attached hydrogens (tertiary/aromatic N) is 2. The van der Waals surface area contributed by atoms with Crippen LogP contribution in [0.2, 0.25) is 5.02 Å². The Morgan fingerprint density at radius 1 is 1.30 bits per heavy atom. The van der Waals surface area contributed by atoms with Crippen molar-refractivity contribution >= 4 is 29.2 Å². The van der Waals surface area contributed by atoms with Crippen LogP contribution < -0.4 is 0 Å². The number of aromatic hydroxyl groups is 1. The molecular formula is C14H11ClN2O3. The summed E-state index contributed by atoms with van der Waals surface area (Å²) < 4.78 is 0. The Labute approximate surface area is 120 Å². The van der Waals surface area contributed by atoms with Crippen LogP contribution in [-0.4, -0.2) is 16.2 Å². The molecule has 0 aromatic heterocycles. The number of aryl methyl sites for hydroxylation is 1. The number of hydrogen-bond acceptors (Lipinski definition) is 4. The van der Waals surface area contributed by atoms with Gasteiger partial charge in [-0.2, -0.15) is 0 Å². The van der Waals surface area contributed by atoms with Crippen LogP contribution in [-0.2, 0) is 0 Å². The molecule has 0 unspecified atom stereocenters. The summed E-state index contributed by atoms with van der Waals surface area (Å²) >= 11 is 5.99. The summed E-state index contributed by atoms with van der Waals surface area (Å²) in [5.74, 6) is -0.370. The molecule has 20 heavy (non-hydrogen) atoms. The van der Waals surface area contributed by atoms with Crippen molar-refractivity contribution in [3.8, 4) is 5.75 Å². The molecular weight excluding hydrogens is 280 g/mol. The van der Waals surface area contributed by atoms with Crippen LogP contribution >= 0.6 is 11.6 Å². The maximum atomic E-state index is 10.7. The first-order valence-electron chi connectivity index (χ1n) is 5.75. The molecule has 2 aromatic rings. The van der Waals surface area contributed by atoms with Gasteiger partial charge in [0.2, 0.25) is 0 Å². The fourth-order valence-electron chi connectivity index (χ4n) is 1.58. The Hall–Kier alpha value is -2.40. The molecule has 2 rings (SSSR count). The van der Waals surface area contributed by atoms with Gasteiger partial charge in [-0.05, 0) is 42.3 Å². The summed E-state index contributed by atoms with van der Waals surface area (Å²) in [5.41, 5.74) is 1.77. The fraction of sp³-hybridized carbons (Fsp3) is 0.0714. The number of halogens is 1. The van der Waals surface area contributed by atoms with E-state index >= 15 is 0 Å². The van der Waals surface area contributed by atoms with Crippen molar-refractivity contribution in [2.24, 2.45) is 4.99 Å². The number of rotatable bonds is 3. The van der Waals surface area contributed by atoms with Gasteiger partial charge in [-0.3, -0.25) is 15.1 Å². The smallest absolute Gasteiger partial charge is 0.311 e. The second kappa shape index (κ2) is 5.71. The summed E-state index contributed by atoms with van der Waals surface area (Å²) in [7, 11) is 0. The average molecular weight is 291 g/mol. The van der Waals surface area contributed by atoms with Crippen molar-refractivity contribution in [3.05, 3.63) is 62.7 Å². The number of benzene rings is 2. The van der Waals surface area contributed by atoms with Gasteiger partial charge in [0, 0.05) is 17.3 Å². The van der Waals surface area contributed by atoms with E-state index in [1.807, 2.05) is 13.0 Å². The minimum absolute atomic E-state index is 0.351. The fourth-order valence-corrected chi connectivity index (χ4v) is 1.75. The number of phenolic OH excluding ortho intramolecular Hbond substituents is 1. The van der Waals surface area contributed by atoms with Gasteiger partial charge in [0.1, 0.15) is 0 Å². The molecule has 0 fully saturated rings. The van der Waals surface area contributed by atoms with Crippen molar-refractivity contribution in [1.82, 2.24) is 0 Å². The highest BCUT2D eigenvalue weighted by Gasteiger charge is 2.12. The van der Waals surface area contributed by atoms with Gasteiger partial charge in [0.05, 0.1) is 10.6 Å². The number of aliphatic imine (C=N–C) groups is 1. The maximum absolute atomic E-state index is 10.7. The molecule has 0 radical (unpaired) electrons. The van der Waals surface area contributed by atoms with E-state index in [-0.39, 0.29) is 11.4 Å². The zero-order valence-electron chi connectivity index (χ0n) is 10.6. The average Bonchev–Trinajstić information content (AvgIpc) is 2.41. The normalized spacial score (nSPS) is 10.9. The van der Waals surface area contributed by atoms with Gasteiger partial charge in [-0.15, -0.1) is 0 Å². The molecule has 0 aliphatic rings. The number of nitro benzene ring substituents is 1. The van der Waals surface area contributed by atoms with Gasteiger partial charge in [-0.1, -0.05) is 17.7 Å². The third-order valence-electron chi connectivity index (χ3n) is 2.71. The van der Waals surface area contributed by atoms with Crippen LogP contribution in [0.4, 0.5) is 11.4 Å². The largest absolute Gasteiger partial charge is 0.502 e. The van der Waals surface area contributed by atoms with E-state index in [1.165, 1.54) is 18.3 Å². The SMILES string of the molecule is Cc1ccc(N=Cc2ccc(O)c([N+](=O)[O-])c2)cc1Cl. The highest BCUT2D eigenvalue weighted by molar-refractivity contribution is 6.31. The van der Waals surface area contributed by atoms with Gasteiger partial charge < -0.3 is 5.11 Å². The Morgan fingerprint density at radius 2 is 2.05 bits per heavy atom. The highest BCUT2D eigenvalue weighted by atomic mass is 35.5. The van der Waals surface area contributed by atoms with Crippen LogP contribution in [0.3, 0.4) is 0 Å².